The molecule has 0 bridgehead atoms. The van der Waals surface area contributed by atoms with Crippen LogP contribution in [0.3, 0.4) is 0 Å². The number of fused-ring (bicyclic) bond motifs is 7. The fraction of sp³-hybridized carbons (Fsp3) is 0.0476. The molecule has 2 heterocycles. The number of nitriles is 2. The minimum atomic E-state index is -0.0346. The van der Waals surface area contributed by atoms with Crippen molar-refractivity contribution in [3.63, 3.8) is 0 Å². The Morgan fingerprint density at radius 1 is 0.962 bits per heavy atom. The van der Waals surface area contributed by atoms with Gasteiger partial charge in [0.1, 0.15) is 23.9 Å². The Labute approximate surface area is 147 Å². The van der Waals surface area contributed by atoms with Gasteiger partial charge in [0.2, 0.25) is 0 Å². The van der Waals surface area contributed by atoms with Gasteiger partial charge in [-0.2, -0.15) is 10.5 Å². The molecule has 5 nitrogen and oxygen atoms in total. The second-order valence-electron chi connectivity index (χ2n) is 6.24. The van der Waals surface area contributed by atoms with Crippen molar-refractivity contribution in [3.8, 4) is 17.9 Å². The first-order valence-corrected chi connectivity index (χ1v) is 8.19. The standard InChI is InChI=1S/C21H12N4O/c22-9-10-25-16-8-4-2-6-13(16)18-20(25)19-17(14(11-23)21(18)26)12-5-1-3-7-15(12)24-19/h1-8,24,26H,10H2. The highest BCUT2D eigenvalue weighted by molar-refractivity contribution is 6.26. The number of nitrogens with zero attached hydrogens (tertiary/aromatic N) is 3. The summed E-state index contributed by atoms with van der Waals surface area (Å²) in [6, 6.07) is 19.7. The molecule has 0 amide bonds. The van der Waals surface area contributed by atoms with Crippen molar-refractivity contribution in [2.75, 3.05) is 0 Å². The predicted molar refractivity (Wildman–Crippen MR) is 101 cm³/mol. The van der Waals surface area contributed by atoms with Crippen molar-refractivity contribution in [3.05, 3.63) is 54.1 Å². The van der Waals surface area contributed by atoms with Crippen LogP contribution in [0.1, 0.15) is 5.56 Å². The second kappa shape index (κ2) is 5.02. The number of H-pyrrole nitrogens is 1. The Balaban J connectivity index is 2.20. The lowest BCUT2D eigenvalue weighted by Gasteiger charge is -2.06. The van der Waals surface area contributed by atoms with Crippen LogP contribution in [0.4, 0.5) is 0 Å². The maximum Gasteiger partial charge on any atom is 0.144 e. The summed E-state index contributed by atoms with van der Waals surface area (Å²) >= 11 is 0. The van der Waals surface area contributed by atoms with Gasteiger partial charge in [0.15, 0.2) is 0 Å². The molecule has 0 atom stereocenters. The predicted octanol–water partition coefficient (Wildman–Crippen LogP) is 4.53. The van der Waals surface area contributed by atoms with Crippen molar-refractivity contribution in [1.82, 2.24) is 9.55 Å². The highest BCUT2D eigenvalue weighted by Crippen LogP contribution is 2.44. The van der Waals surface area contributed by atoms with Crippen molar-refractivity contribution in [2.45, 2.75) is 6.54 Å². The molecule has 0 aliphatic rings. The van der Waals surface area contributed by atoms with Crippen LogP contribution in [0.25, 0.3) is 43.6 Å². The smallest absolute Gasteiger partial charge is 0.144 e. The van der Waals surface area contributed by atoms with E-state index in [1.165, 1.54) is 0 Å². The largest absolute Gasteiger partial charge is 0.506 e. The van der Waals surface area contributed by atoms with E-state index in [4.69, 9.17) is 0 Å². The summed E-state index contributed by atoms with van der Waals surface area (Å²) < 4.78 is 1.89. The van der Waals surface area contributed by atoms with Crippen LogP contribution in [0.2, 0.25) is 0 Å². The number of aromatic hydroxyl groups is 1. The molecule has 2 N–H and O–H groups in total. The number of aromatic amines is 1. The monoisotopic (exact) mass is 336 g/mol. The molecular formula is C21H12N4O. The van der Waals surface area contributed by atoms with Crippen molar-refractivity contribution in [2.24, 2.45) is 0 Å². The number of aromatic nitrogens is 2. The van der Waals surface area contributed by atoms with Crippen molar-refractivity contribution in [1.29, 1.82) is 10.5 Å². The molecular weight excluding hydrogens is 324 g/mol. The minimum Gasteiger partial charge on any atom is -0.506 e. The Morgan fingerprint density at radius 2 is 1.69 bits per heavy atom. The topological polar surface area (TPSA) is 88.5 Å². The van der Waals surface area contributed by atoms with Crippen LogP contribution < -0.4 is 0 Å². The van der Waals surface area contributed by atoms with E-state index in [9.17, 15) is 15.6 Å². The van der Waals surface area contributed by atoms with Gasteiger partial charge in [-0.1, -0.05) is 36.4 Å². The molecule has 0 fully saturated rings. The highest BCUT2D eigenvalue weighted by Gasteiger charge is 2.23. The molecule has 0 spiro atoms. The second-order valence-corrected chi connectivity index (χ2v) is 6.24. The number of phenolic OH excluding ortho intramolecular Hbond substituents is 1. The molecule has 26 heavy (non-hydrogen) atoms. The van der Waals surface area contributed by atoms with Crippen LogP contribution in [0.5, 0.6) is 5.75 Å². The van der Waals surface area contributed by atoms with E-state index in [-0.39, 0.29) is 17.9 Å². The molecule has 2 aromatic heterocycles. The van der Waals surface area contributed by atoms with Gasteiger partial charge in [0, 0.05) is 21.7 Å². The summed E-state index contributed by atoms with van der Waals surface area (Å²) in [6.45, 7) is 0.153. The van der Waals surface area contributed by atoms with Gasteiger partial charge in [-0.15, -0.1) is 0 Å². The zero-order chi connectivity index (χ0) is 17.8. The summed E-state index contributed by atoms with van der Waals surface area (Å²) in [4.78, 5) is 3.39. The van der Waals surface area contributed by atoms with Crippen molar-refractivity contribution < 1.29 is 5.11 Å². The molecule has 3 aromatic carbocycles. The van der Waals surface area contributed by atoms with Gasteiger partial charge in [-0.05, 0) is 12.1 Å². The lowest BCUT2D eigenvalue weighted by molar-refractivity contribution is 0.481. The third kappa shape index (κ3) is 1.62. The number of phenols is 1. The molecule has 0 aliphatic carbocycles. The quantitative estimate of drug-likeness (QED) is 0.471. The summed E-state index contributed by atoms with van der Waals surface area (Å²) in [6.07, 6.45) is 0. The maximum atomic E-state index is 11.0. The first-order valence-electron chi connectivity index (χ1n) is 8.19. The van der Waals surface area contributed by atoms with Crippen LogP contribution in [-0.4, -0.2) is 14.7 Å². The van der Waals surface area contributed by atoms with Gasteiger partial charge in [0.25, 0.3) is 0 Å². The van der Waals surface area contributed by atoms with E-state index in [0.717, 1.165) is 32.8 Å². The van der Waals surface area contributed by atoms with E-state index in [0.29, 0.717) is 10.8 Å². The van der Waals surface area contributed by atoms with Gasteiger partial charge in [-0.25, -0.2) is 0 Å². The Morgan fingerprint density at radius 3 is 2.46 bits per heavy atom. The third-order valence-corrected chi connectivity index (χ3v) is 4.98. The van der Waals surface area contributed by atoms with Crippen molar-refractivity contribution >= 4 is 43.6 Å². The Hall–Kier alpha value is -3.96. The molecule has 5 rings (SSSR count). The summed E-state index contributed by atoms with van der Waals surface area (Å²) in [5.41, 5.74) is 3.51. The lowest BCUT2D eigenvalue weighted by Crippen LogP contribution is -1.96. The zero-order valence-corrected chi connectivity index (χ0v) is 13.6. The lowest BCUT2D eigenvalue weighted by atomic mass is 10.0. The molecule has 0 saturated heterocycles. The van der Waals surface area contributed by atoms with E-state index in [1.54, 1.807) is 0 Å². The van der Waals surface area contributed by atoms with Gasteiger partial charge in [-0.3, -0.25) is 0 Å². The Bertz CT molecular complexity index is 1440. The van der Waals surface area contributed by atoms with Crippen LogP contribution in [0, 0.1) is 22.7 Å². The number of nitrogens with one attached hydrogen (secondary N) is 1. The molecule has 122 valence electrons. The first kappa shape index (κ1) is 14.4. The van der Waals surface area contributed by atoms with Gasteiger partial charge < -0.3 is 14.7 Å². The molecule has 0 aliphatic heterocycles. The summed E-state index contributed by atoms with van der Waals surface area (Å²) in [5, 5.41) is 33.1. The third-order valence-electron chi connectivity index (χ3n) is 4.98. The fourth-order valence-electron chi connectivity index (χ4n) is 3.97. The SMILES string of the molecule is N#CCn1c2ccccc2c2c(O)c(C#N)c3c4ccccc4[nH]c3c21. The van der Waals surface area contributed by atoms with E-state index < -0.39 is 0 Å². The number of hydrogen-bond donors (Lipinski definition) is 2. The van der Waals surface area contributed by atoms with Gasteiger partial charge in [0.05, 0.1) is 28.0 Å². The van der Waals surface area contributed by atoms with Gasteiger partial charge >= 0.3 is 0 Å². The van der Waals surface area contributed by atoms with E-state index in [2.05, 4.69) is 17.1 Å². The highest BCUT2D eigenvalue weighted by atomic mass is 16.3. The average molecular weight is 336 g/mol. The van der Waals surface area contributed by atoms with Crippen LogP contribution in [-0.2, 0) is 6.54 Å². The molecule has 5 aromatic rings. The Kier molecular flexibility index (Phi) is 2.78. The first-order chi connectivity index (χ1) is 12.8. The minimum absolute atomic E-state index is 0.0346. The number of benzene rings is 3. The number of para-hydroxylation sites is 2. The van der Waals surface area contributed by atoms with E-state index >= 15 is 0 Å². The summed E-state index contributed by atoms with van der Waals surface area (Å²) in [5.74, 6) is -0.0346. The van der Waals surface area contributed by atoms with Crippen LogP contribution in [0.15, 0.2) is 48.5 Å². The maximum absolute atomic E-state index is 11.0. The molecule has 0 radical (unpaired) electrons. The summed E-state index contributed by atoms with van der Waals surface area (Å²) in [7, 11) is 0. The number of rotatable bonds is 1. The normalized spacial score (nSPS) is 11.3. The molecule has 0 unspecified atom stereocenters. The van der Waals surface area contributed by atoms with Crippen LogP contribution >= 0.6 is 0 Å². The molecule has 5 heteroatoms. The number of hydrogen-bond acceptors (Lipinski definition) is 3. The fourth-order valence-corrected chi connectivity index (χ4v) is 3.97. The van der Waals surface area contributed by atoms with E-state index in [1.807, 2.05) is 53.1 Å². The zero-order valence-electron chi connectivity index (χ0n) is 13.6. The molecule has 0 saturated carbocycles. The average Bonchev–Trinajstić information content (AvgIpc) is 3.20.